The van der Waals surface area contributed by atoms with Crippen molar-refractivity contribution in [2.24, 2.45) is 5.92 Å². The van der Waals surface area contributed by atoms with Crippen LogP contribution in [-0.4, -0.2) is 66.0 Å². The summed E-state index contributed by atoms with van der Waals surface area (Å²) in [6.45, 7) is 15.4. The molecule has 1 aromatic carbocycles. The molecule has 172 valence electrons. The second kappa shape index (κ2) is 9.70. The number of benzene rings is 1. The maximum atomic E-state index is 13.0. The molecule has 0 saturated carbocycles. The Labute approximate surface area is 187 Å². The molecule has 6 heteroatoms. The van der Waals surface area contributed by atoms with Crippen LogP contribution in [0.4, 0.5) is 5.69 Å². The number of nitrogens with zero attached hydrogens (tertiary/aromatic N) is 2. The average Bonchev–Trinajstić information content (AvgIpc) is 2.72. The topological polar surface area (TPSA) is 61.9 Å². The van der Waals surface area contributed by atoms with Gasteiger partial charge in [-0.1, -0.05) is 32.9 Å². The summed E-state index contributed by atoms with van der Waals surface area (Å²) in [5.74, 6) is 0.302. The Hall–Kier alpha value is -1.92. The average molecular weight is 430 g/mol. The fourth-order valence-electron chi connectivity index (χ4n) is 4.62. The van der Waals surface area contributed by atoms with Crippen LogP contribution in [0.5, 0.6) is 0 Å². The Morgan fingerprint density at radius 3 is 2.10 bits per heavy atom. The van der Waals surface area contributed by atoms with E-state index in [9.17, 15) is 9.59 Å². The molecule has 2 aliphatic heterocycles. The molecule has 3 rings (SSSR count). The quantitative estimate of drug-likeness (QED) is 0.794. The third-order valence-electron chi connectivity index (χ3n) is 6.56. The number of carbonyl (C=O) groups is 2. The zero-order valence-electron chi connectivity index (χ0n) is 20.0. The van der Waals surface area contributed by atoms with E-state index >= 15 is 0 Å². The van der Waals surface area contributed by atoms with Crippen LogP contribution in [-0.2, 0) is 19.7 Å². The van der Waals surface area contributed by atoms with Crippen molar-refractivity contribution in [3.8, 4) is 0 Å². The van der Waals surface area contributed by atoms with Crippen molar-refractivity contribution in [1.82, 2.24) is 9.80 Å². The predicted molar refractivity (Wildman–Crippen MR) is 124 cm³/mol. The molecule has 0 spiro atoms. The smallest absolute Gasteiger partial charge is 0.241 e. The Balaban J connectivity index is 1.49. The van der Waals surface area contributed by atoms with E-state index in [0.717, 1.165) is 31.6 Å². The molecule has 2 heterocycles. The summed E-state index contributed by atoms with van der Waals surface area (Å²) in [5.41, 5.74) is 2.16. The molecule has 1 N–H and O–H groups in total. The van der Waals surface area contributed by atoms with Crippen molar-refractivity contribution in [3.05, 3.63) is 29.8 Å². The molecular weight excluding hydrogens is 390 g/mol. The lowest BCUT2D eigenvalue weighted by Gasteiger charge is -2.40. The number of ether oxygens (including phenoxy) is 1. The Kier molecular flexibility index (Phi) is 7.43. The van der Waals surface area contributed by atoms with Gasteiger partial charge in [-0.3, -0.25) is 14.5 Å². The largest absolute Gasteiger partial charge is 0.372 e. The van der Waals surface area contributed by atoms with Crippen LogP contribution in [0.2, 0.25) is 0 Å². The molecule has 3 atom stereocenters. The Morgan fingerprint density at radius 2 is 1.58 bits per heavy atom. The molecule has 2 saturated heterocycles. The van der Waals surface area contributed by atoms with Gasteiger partial charge in [0.1, 0.15) is 0 Å². The molecule has 2 aliphatic rings. The van der Waals surface area contributed by atoms with E-state index < -0.39 is 0 Å². The molecule has 0 aliphatic carbocycles. The van der Waals surface area contributed by atoms with Gasteiger partial charge in [-0.25, -0.2) is 0 Å². The zero-order chi connectivity index (χ0) is 22.8. The summed E-state index contributed by atoms with van der Waals surface area (Å²) in [6.07, 6.45) is 1.79. The Bertz CT molecular complexity index is 753. The third kappa shape index (κ3) is 6.07. The first kappa shape index (κ1) is 23.7. The van der Waals surface area contributed by atoms with E-state index in [-0.39, 0.29) is 41.4 Å². The van der Waals surface area contributed by atoms with Crippen LogP contribution in [0.15, 0.2) is 24.3 Å². The van der Waals surface area contributed by atoms with Gasteiger partial charge in [0.05, 0.1) is 18.2 Å². The van der Waals surface area contributed by atoms with Gasteiger partial charge >= 0.3 is 0 Å². The van der Waals surface area contributed by atoms with Gasteiger partial charge in [0.25, 0.3) is 0 Å². The van der Waals surface area contributed by atoms with Crippen LogP contribution in [0.25, 0.3) is 0 Å². The van der Waals surface area contributed by atoms with Crippen molar-refractivity contribution in [1.29, 1.82) is 0 Å². The van der Waals surface area contributed by atoms with Crippen molar-refractivity contribution < 1.29 is 14.3 Å². The highest BCUT2D eigenvalue weighted by atomic mass is 16.5. The Morgan fingerprint density at radius 1 is 1.03 bits per heavy atom. The number of anilines is 1. The fraction of sp³-hybridized carbons (Fsp3) is 0.680. The predicted octanol–water partition coefficient (Wildman–Crippen LogP) is 3.66. The van der Waals surface area contributed by atoms with Crippen LogP contribution in [0.1, 0.15) is 59.9 Å². The van der Waals surface area contributed by atoms with Gasteiger partial charge in [0, 0.05) is 24.7 Å². The molecule has 0 aromatic heterocycles. The lowest BCUT2D eigenvalue weighted by Crippen LogP contribution is -2.52. The minimum absolute atomic E-state index is 0.00381. The van der Waals surface area contributed by atoms with Crippen LogP contribution < -0.4 is 5.32 Å². The van der Waals surface area contributed by atoms with Gasteiger partial charge < -0.3 is 15.0 Å². The molecule has 6 nitrogen and oxygen atoms in total. The number of morpholine rings is 1. The maximum absolute atomic E-state index is 13.0. The summed E-state index contributed by atoms with van der Waals surface area (Å²) in [6, 6.07) is 7.87. The second-order valence-electron chi connectivity index (χ2n) is 10.3. The van der Waals surface area contributed by atoms with Crippen LogP contribution >= 0.6 is 0 Å². The number of piperidine rings is 1. The van der Waals surface area contributed by atoms with Crippen molar-refractivity contribution in [3.63, 3.8) is 0 Å². The first-order chi connectivity index (χ1) is 14.5. The molecule has 0 radical (unpaired) electrons. The fourth-order valence-corrected chi connectivity index (χ4v) is 4.62. The molecule has 1 aromatic rings. The first-order valence-corrected chi connectivity index (χ1v) is 11.6. The lowest BCUT2D eigenvalue weighted by atomic mass is 9.87. The van der Waals surface area contributed by atoms with E-state index in [1.807, 2.05) is 37.8 Å². The van der Waals surface area contributed by atoms with E-state index in [1.54, 1.807) is 0 Å². The van der Waals surface area contributed by atoms with E-state index in [2.05, 4.69) is 43.1 Å². The minimum atomic E-state index is -0.221. The van der Waals surface area contributed by atoms with Crippen LogP contribution in [0, 0.1) is 5.92 Å². The lowest BCUT2D eigenvalue weighted by molar-refractivity contribution is -0.149. The van der Waals surface area contributed by atoms with Gasteiger partial charge in [0.15, 0.2) is 0 Å². The number of amides is 2. The van der Waals surface area contributed by atoms with E-state index in [0.29, 0.717) is 13.1 Å². The van der Waals surface area contributed by atoms with E-state index in [4.69, 9.17) is 4.74 Å². The highest BCUT2D eigenvalue weighted by Crippen LogP contribution is 2.25. The molecule has 2 amide bonds. The number of likely N-dealkylation sites (tertiary alicyclic amines) is 1. The third-order valence-corrected chi connectivity index (χ3v) is 6.56. The number of rotatable bonds is 4. The van der Waals surface area contributed by atoms with E-state index in [1.165, 1.54) is 5.56 Å². The highest BCUT2D eigenvalue weighted by Gasteiger charge is 2.34. The van der Waals surface area contributed by atoms with Gasteiger partial charge in [-0.15, -0.1) is 0 Å². The van der Waals surface area contributed by atoms with Crippen LogP contribution in [0.3, 0.4) is 0 Å². The van der Waals surface area contributed by atoms with Crippen molar-refractivity contribution >= 4 is 17.5 Å². The number of carbonyl (C=O) groups excluding carboxylic acids is 2. The van der Waals surface area contributed by atoms with Crippen molar-refractivity contribution in [2.75, 3.05) is 31.5 Å². The monoisotopic (exact) mass is 429 g/mol. The molecule has 31 heavy (non-hydrogen) atoms. The molecule has 2 fully saturated rings. The van der Waals surface area contributed by atoms with Crippen molar-refractivity contribution in [2.45, 2.75) is 78.0 Å². The van der Waals surface area contributed by atoms with Gasteiger partial charge in [-0.2, -0.15) is 0 Å². The minimum Gasteiger partial charge on any atom is -0.372 e. The summed E-state index contributed by atoms with van der Waals surface area (Å²) < 4.78 is 5.75. The first-order valence-electron chi connectivity index (χ1n) is 11.6. The summed E-state index contributed by atoms with van der Waals surface area (Å²) in [5, 5.41) is 3.04. The standard InChI is InChI=1S/C25H39N3O3/c1-17-15-28(16-18(2)31-17)24(30)20-11-13-27(14-12-20)19(3)23(29)26-22-9-7-21(8-10-22)25(4,5)6/h7-10,17-20H,11-16H2,1-6H3,(H,26,29). The maximum Gasteiger partial charge on any atom is 0.241 e. The summed E-state index contributed by atoms with van der Waals surface area (Å²) in [4.78, 5) is 29.9. The summed E-state index contributed by atoms with van der Waals surface area (Å²) in [7, 11) is 0. The highest BCUT2D eigenvalue weighted by molar-refractivity contribution is 5.94. The van der Waals surface area contributed by atoms with Gasteiger partial charge in [-0.05, 0) is 69.8 Å². The zero-order valence-corrected chi connectivity index (χ0v) is 20.0. The second-order valence-corrected chi connectivity index (χ2v) is 10.3. The normalized spacial score (nSPS) is 24.6. The number of hydrogen-bond acceptors (Lipinski definition) is 4. The number of nitrogens with one attached hydrogen (secondary N) is 1. The molecule has 0 bridgehead atoms. The summed E-state index contributed by atoms with van der Waals surface area (Å²) >= 11 is 0. The van der Waals surface area contributed by atoms with Gasteiger partial charge in [0.2, 0.25) is 11.8 Å². The number of hydrogen-bond donors (Lipinski definition) is 1. The molecular formula is C25H39N3O3. The molecule has 3 unspecified atom stereocenters. The SMILES string of the molecule is CC1CN(C(=O)C2CCN(C(C)C(=O)Nc3ccc(C(C)(C)C)cc3)CC2)CC(C)O1.